The average molecular weight is 294 g/mol. The largest absolute Gasteiger partial charge is 0.478 e. The fourth-order valence-electron chi connectivity index (χ4n) is 1.45. The van der Waals surface area contributed by atoms with E-state index in [0.717, 1.165) is 0 Å². The van der Waals surface area contributed by atoms with Gasteiger partial charge in [0, 0.05) is 0 Å². The Hall–Kier alpha value is -2.12. The van der Waals surface area contributed by atoms with Crippen molar-refractivity contribution in [2.75, 3.05) is 0 Å². The summed E-state index contributed by atoms with van der Waals surface area (Å²) in [5, 5.41) is 8.67. The number of carbonyl (C=O) groups is 2. The van der Waals surface area contributed by atoms with Crippen molar-refractivity contribution >= 4 is 11.9 Å². The summed E-state index contributed by atoms with van der Waals surface area (Å²) >= 11 is 0. The molecule has 0 aliphatic rings. The van der Waals surface area contributed by atoms with Gasteiger partial charge in [-0.3, -0.25) is 0 Å². The first-order valence-electron chi connectivity index (χ1n) is 5.39. The van der Waals surface area contributed by atoms with Gasteiger partial charge in [-0.05, 0) is 26.0 Å². The zero-order valence-electron chi connectivity index (χ0n) is 10.4. The molecule has 0 bridgehead atoms. The number of ether oxygens (including phenoxy) is 1. The van der Waals surface area contributed by atoms with Crippen LogP contribution in [0.15, 0.2) is 12.1 Å². The third-order valence-corrected chi connectivity index (χ3v) is 2.22. The van der Waals surface area contributed by atoms with Gasteiger partial charge in [-0.2, -0.15) is 13.2 Å². The summed E-state index contributed by atoms with van der Waals surface area (Å²) < 4.78 is 56.6. The molecule has 0 fully saturated rings. The third kappa shape index (κ3) is 3.25. The number of carboxylic acid groups (broad SMARTS) is 1. The molecular formula is C12H10F4O4. The molecule has 0 saturated heterocycles. The maximum Gasteiger partial charge on any atom is 0.417 e. The van der Waals surface area contributed by atoms with Gasteiger partial charge in [0.2, 0.25) is 0 Å². The maximum absolute atomic E-state index is 13.8. The molecular weight excluding hydrogens is 284 g/mol. The molecule has 0 amide bonds. The minimum atomic E-state index is -5.01. The van der Waals surface area contributed by atoms with E-state index in [4.69, 9.17) is 5.11 Å². The molecule has 1 rings (SSSR count). The number of alkyl halides is 3. The van der Waals surface area contributed by atoms with Gasteiger partial charge in [-0.1, -0.05) is 0 Å². The fourth-order valence-corrected chi connectivity index (χ4v) is 1.45. The summed E-state index contributed by atoms with van der Waals surface area (Å²) in [6, 6.07) is 0.788. The predicted molar refractivity (Wildman–Crippen MR) is 58.9 cm³/mol. The maximum atomic E-state index is 13.8. The summed E-state index contributed by atoms with van der Waals surface area (Å²) in [6.45, 7) is 2.73. The molecule has 0 aliphatic heterocycles. The van der Waals surface area contributed by atoms with Crippen LogP contribution in [0.25, 0.3) is 0 Å². The van der Waals surface area contributed by atoms with E-state index in [1.165, 1.54) is 13.8 Å². The Labute approximate surface area is 111 Å². The summed E-state index contributed by atoms with van der Waals surface area (Å²) in [6.07, 6.45) is -5.79. The smallest absolute Gasteiger partial charge is 0.417 e. The van der Waals surface area contributed by atoms with E-state index in [1.54, 1.807) is 0 Å². The number of carbonyl (C=O) groups excluding carboxylic acids is 1. The van der Waals surface area contributed by atoms with Crippen LogP contribution in [0.1, 0.15) is 40.1 Å². The van der Waals surface area contributed by atoms with Gasteiger partial charge in [0.25, 0.3) is 0 Å². The van der Waals surface area contributed by atoms with E-state index in [9.17, 15) is 27.2 Å². The number of hydrogen-bond donors (Lipinski definition) is 1. The molecule has 0 aromatic heterocycles. The number of esters is 1. The van der Waals surface area contributed by atoms with Crippen LogP contribution in [0, 0.1) is 5.82 Å². The predicted octanol–water partition coefficient (Wildman–Crippen LogP) is 3.11. The molecule has 110 valence electrons. The standard InChI is InChI=1S/C12H10F4O4/c1-5(2)20-11(19)8-7(12(14,15)16)4-3-6(9(8)13)10(17)18/h3-5H,1-2H3,(H,17,18). The molecule has 1 N–H and O–H groups in total. The zero-order valence-corrected chi connectivity index (χ0v) is 10.4. The first-order chi connectivity index (χ1) is 9.05. The van der Waals surface area contributed by atoms with Crippen LogP contribution >= 0.6 is 0 Å². The lowest BCUT2D eigenvalue weighted by molar-refractivity contribution is -0.138. The highest BCUT2D eigenvalue weighted by atomic mass is 19.4. The molecule has 0 radical (unpaired) electrons. The Morgan fingerprint density at radius 1 is 1.25 bits per heavy atom. The molecule has 0 unspecified atom stereocenters. The molecule has 20 heavy (non-hydrogen) atoms. The second kappa shape index (κ2) is 5.48. The molecule has 8 heteroatoms. The Morgan fingerprint density at radius 3 is 2.20 bits per heavy atom. The lowest BCUT2D eigenvalue weighted by Gasteiger charge is -2.15. The summed E-state index contributed by atoms with van der Waals surface area (Å²) in [4.78, 5) is 22.3. The molecule has 0 atom stereocenters. The van der Waals surface area contributed by atoms with Crippen LogP contribution in [0.2, 0.25) is 0 Å². The monoisotopic (exact) mass is 294 g/mol. The minimum Gasteiger partial charge on any atom is -0.478 e. The molecule has 0 heterocycles. The minimum absolute atomic E-state index is 0.337. The van der Waals surface area contributed by atoms with Crippen molar-refractivity contribution in [2.24, 2.45) is 0 Å². The van der Waals surface area contributed by atoms with Crippen molar-refractivity contribution in [3.05, 3.63) is 34.6 Å². The van der Waals surface area contributed by atoms with E-state index in [0.29, 0.717) is 12.1 Å². The Morgan fingerprint density at radius 2 is 1.80 bits per heavy atom. The Kier molecular flexibility index (Phi) is 4.36. The van der Waals surface area contributed by atoms with Crippen LogP contribution in [0.4, 0.5) is 17.6 Å². The Balaban J connectivity index is 3.53. The van der Waals surface area contributed by atoms with Gasteiger partial charge in [-0.15, -0.1) is 0 Å². The van der Waals surface area contributed by atoms with Gasteiger partial charge in [-0.25, -0.2) is 14.0 Å². The average Bonchev–Trinajstić information content (AvgIpc) is 2.25. The van der Waals surface area contributed by atoms with Crippen LogP contribution in [0.3, 0.4) is 0 Å². The van der Waals surface area contributed by atoms with E-state index < -0.39 is 46.7 Å². The van der Waals surface area contributed by atoms with Crippen molar-refractivity contribution < 1.29 is 37.0 Å². The number of aromatic carboxylic acids is 1. The second-order valence-corrected chi connectivity index (χ2v) is 4.11. The van der Waals surface area contributed by atoms with E-state index in [-0.39, 0.29) is 0 Å². The first kappa shape index (κ1) is 15.9. The van der Waals surface area contributed by atoms with E-state index in [1.807, 2.05) is 0 Å². The lowest BCUT2D eigenvalue weighted by atomic mass is 10.0. The van der Waals surface area contributed by atoms with Crippen molar-refractivity contribution in [1.82, 2.24) is 0 Å². The molecule has 0 spiro atoms. The molecule has 1 aromatic rings. The van der Waals surface area contributed by atoms with Crippen molar-refractivity contribution in [2.45, 2.75) is 26.1 Å². The quantitative estimate of drug-likeness (QED) is 0.687. The summed E-state index contributed by atoms with van der Waals surface area (Å²) in [5.41, 5.74) is -4.04. The SMILES string of the molecule is CC(C)OC(=O)c1c(C(F)(F)F)ccc(C(=O)O)c1F. The molecule has 0 saturated carbocycles. The van der Waals surface area contributed by atoms with E-state index >= 15 is 0 Å². The normalized spacial score (nSPS) is 11.6. The van der Waals surface area contributed by atoms with Crippen molar-refractivity contribution in [3.63, 3.8) is 0 Å². The van der Waals surface area contributed by atoms with Crippen LogP contribution < -0.4 is 0 Å². The van der Waals surface area contributed by atoms with E-state index in [2.05, 4.69) is 4.74 Å². The Bertz CT molecular complexity index is 549. The zero-order chi connectivity index (χ0) is 15.7. The number of hydrogen-bond acceptors (Lipinski definition) is 3. The highest BCUT2D eigenvalue weighted by Gasteiger charge is 2.39. The number of halogens is 4. The topological polar surface area (TPSA) is 63.6 Å². The molecule has 4 nitrogen and oxygen atoms in total. The highest BCUT2D eigenvalue weighted by molar-refractivity contribution is 5.96. The molecule has 1 aromatic carbocycles. The van der Waals surface area contributed by atoms with Crippen LogP contribution in [-0.4, -0.2) is 23.1 Å². The lowest BCUT2D eigenvalue weighted by Crippen LogP contribution is -2.21. The van der Waals surface area contributed by atoms with Crippen LogP contribution in [0.5, 0.6) is 0 Å². The number of rotatable bonds is 3. The van der Waals surface area contributed by atoms with Gasteiger partial charge in [0.1, 0.15) is 5.56 Å². The highest BCUT2D eigenvalue weighted by Crippen LogP contribution is 2.34. The van der Waals surface area contributed by atoms with Gasteiger partial charge >= 0.3 is 18.1 Å². The third-order valence-electron chi connectivity index (χ3n) is 2.22. The van der Waals surface area contributed by atoms with Gasteiger partial charge in [0.15, 0.2) is 5.82 Å². The summed E-state index contributed by atoms with van der Waals surface area (Å²) in [7, 11) is 0. The van der Waals surface area contributed by atoms with Gasteiger partial charge in [0.05, 0.1) is 17.2 Å². The molecule has 0 aliphatic carbocycles. The number of benzene rings is 1. The van der Waals surface area contributed by atoms with Gasteiger partial charge < -0.3 is 9.84 Å². The van der Waals surface area contributed by atoms with Crippen LogP contribution in [-0.2, 0) is 10.9 Å². The van der Waals surface area contributed by atoms with Crippen molar-refractivity contribution in [1.29, 1.82) is 0 Å². The summed E-state index contributed by atoms with van der Waals surface area (Å²) in [5.74, 6) is -5.11. The fraction of sp³-hybridized carbons (Fsp3) is 0.333. The first-order valence-corrected chi connectivity index (χ1v) is 5.39. The number of carboxylic acids is 1. The van der Waals surface area contributed by atoms with Crippen molar-refractivity contribution in [3.8, 4) is 0 Å². The second-order valence-electron chi connectivity index (χ2n) is 4.11.